The molecule has 2 unspecified atom stereocenters. The van der Waals surface area contributed by atoms with Crippen LogP contribution in [0.5, 0.6) is 0 Å². The quantitative estimate of drug-likeness (QED) is 0.718. The molecule has 3 heteroatoms. The van der Waals surface area contributed by atoms with Gasteiger partial charge in [0, 0.05) is 38.9 Å². The van der Waals surface area contributed by atoms with Gasteiger partial charge in [0.25, 0.3) is 0 Å². The first-order valence-electron chi connectivity index (χ1n) is 7.80. The molecule has 1 aliphatic carbocycles. The summed E-state index contributed by atoms with van der Waals surface area (Å²) in [6.45, 7) is 9.80. The summed E-state index contributed by atoms with van der Waals surface area (Å²) in [5.41, 5.74) is 2.78. The summed E-state index contributed by atoms with van der Waals surface area (Å²) < 4.78 is 0. The van der Waals surface area contributed by atoms with Crippen LogP contribution in [-0.2, 0) is 39.1 Å². The van der Waals surface area contributed by atoms with Gasteiger partial charge in [-0.2, -0.15) is 6.42 Å². The van der Waals surface area contributed by atoms with Crippen molar-refractivity contribution in [2.45, 2.75) is 64.5 Å². The maximum Gasteiger partial charge on any atom is 0.0607 e. The van der Waals surface area contributed by atoms with Gasteiger partial charge in [-0.05, 0) is 49.9 Å². The largest absolute Gasteiger partial charge is 0.342 e. The van der Waals surface area contributed by atoms with E-state index in [0.717, 1.165) is 13.0 Å². The zero-order chi connectivity index (χ0) is 13.7. The molecule has 1 radical (unpaired) electrons. The van der Waals surface area contributed by atoms with E-state index in [2.05, 4.69) is 42.8 Å². The molecule has 1 aromatic rings. The fraction of sp³-hybridized carbons (Fsp3) is 0.647. The van der Waals surface area contributed by atoms with Gasteiger partial charge in [-0.1, -0.05) is 26.3 Å². The van der Waals surface area contributed by atoms with Crippen LogP contribution < -0.4 is 0 Å². The standard InChI is InChI=1S/C17H27N2.Y/c1-4-9-15(5-2)19(6-3)16-12-7-10-14-11-8-13-18-17(14)16;/h8,11,13,15-16H,2,4-7,9-10,12H2,1,3H3;/q-1;. The molecule has 0 saturated heterocycles. The van der Waals surface area contributed by atoms with Crippen molar-refractivity contribution in [2.75, 3.05) is 6.54 Å². The number of fused-ring (bicyclic) bond motifs is 1. The Kier molecular flexibility index (Phi) is 8.47. The second-order valence-electron chi connectivity index (χ2n) is 5.52. The van der Waals surface area contributed by atoms with E-state index in [-0.39, 0.29) is 32.7 Å². The van der Waals surface area contributed by atoms with Crippen LogP contribution in [0.2, 0.25) is 0 Å². The molecule has 1 heterocycles. The van der Waals surface area contributed by atoms with Crippen LogP contribution >= 0.6 is 0 Å². The summed E-state index contributed by atoms with van der Waals surface area (Å²) in [7, 11) is 0. The molecular weight excluding hydrogens is 321 g/mol. The zero-order valence-corrected chi connectivity index (χ0v) is 15.9. The van der Waals surface area contributed by atoms with Crippen molar-refractivity contribution < 1.29 is 32.7 Å². The van der Waals surface area contributed by atoms with Gasteiger partial charge >= 0.3 is 0 Å². The smallest absolute Gasteiger partial charge is 0.0607 e. The molecule has 0 aliphatic heterocycles. The molecule has 0 amide bonds. The van der Waals surface area contributed by atoms with Crippen LogP contribution in [0.25, 0.3) is 0 Å². The third-order valence-electron chi connectivity index (χ3n) is 4.36. The number of pyridine rings is 1. The summed E-state index contributed by atoms with van der Waals surface area (Å²) in [6.07, 6.45) is 9.16. The van der Waals surface area contributed by atoms with E-state index >= 15 is 0 Å². The van der Waals surface area contributed by atoms with Crippen LogP contribution in [0.4, 0.5) is 0 Å². The minimum atomic E-state index is 0. The first kappa shape index (κ1) is 18.3. The normalized spacial score (nSPS) is 19.3. The van der Waals surface area contributed by atoms with E-state index in [9.17, 15) is 0 Å². The minimum Gasteiger partial charge on any atom is -0.342 e. The van der Waals surface area contributed by atoms with Crippen LogP contribution in [0.15, 0.2) is 18.3 Å². The van der Waals surface area contributed by atoms with E-state index in [1.807, 2.05) is 6.20 Å². The molecule has 1 aromatic heterocycles. The molecule has 0 spiro atoms. The van der Waals surface area contributed by atoms with Gasteiger partial charge in [-0.25, -0.2) is 0 Å². The average molecular weight is 348 g/mol. The van der Waals surface area contributed by atoms with Crippen molar-refractivity contribution in [2.24, 2.45) is 0 Å². The number of hydrogen-bond donors (Lipinski definition) is 0. The predicted octanol–water partition coefficient (Wildman–Crippen LogP) is 4.17. The van der Waals surface area contributed by atoms with Gasteiger partial charge in [0.05, 0.1) is 11.7 Å². The Balaban J connectivity index is 0.00000200. The predicted molar refractivity (Wildman–Crippen MR) is 81.0 cm³/mol. The van der Waals surface area contributed by atoms with E-state index in [1.165, 1.54) is 43.4 Å². The van der Waals surface area contributed by atoms with Crippen LogP contribution in [0.1, 0.15) is 63.3 Å². The SMILES string of the molecule is [CH2-]CC(CCC)N(CC)C1CCCc2cccnc21.[Y]. The summed E-state index contributed by atoms with van der Waals surface area (Å²) >= 11 is 0. The Morgan fingerprint density at radius 1 is 1.45 bits per heavy atom. The topological polar surface area (TPSA) is 16.1 Å². The maximum atomic E-state index is 4.68. The van der Waals surface area contributed by atoms with Gasteiger partial charge < -0.3 is 6.92 Å². The van der Waals surface area contributed by atoms with E-state index < -0.39 is 0 Å². The number of hydrogen-bond acceptors (Lipinski definition) is 2. The number of aromatic nitrogens is 1. The van der Waals surface area contributed by atoms with Crippen molar-refractivity contribution in [1.82, 2.24) is 9.88 Å². The Bertz CT molecular complexity index is 394. The monoisotopic (exact) mass is 348 g/mol. The Morgan fingerprint density at radius 3 is 2.90 bits per heavy atom. The van der Waals surface area contributed by atoms with Gasteiger partial charge in [-0.15, -0.1) is 0 Å². The van der Waals surface area contributed by atoms with E-state index in [1.54, 1.807) is 0 Å². The second kappa shape index (κ2) is 9.28. The number of nitrogens with zero attached hydrogens (tertiary/aromatic N) is 2. The van der Waals surface area contributed by atoms with Crippen molar-refractivity contribution in [3.8, 4) is 0 Å². The Morgan fingerprint density at radius 2 is 2.25 bits per heavy atom. The van der Waals surface area contributed by atoms with Crippen molar-refractivity contribution in [3.63, 3.8) is 0 Å². The van der Waals surface area contributed by atoms with Crippen LogP contribution in [0, 0.1) is 6.92 Å². The van der Waals surface area contributed by atoms with Crippen LogP contribution in [-0.4, -0.2) is 22.5 Å². The molecule has 20 heavy (non-hydrogen) atoms. The van der Waals surface area contributed by atoms with E-state index in [0.29, 0.717) is 12.1 Å². The number of aryl methyl sites for hydroxylation is 1. The molecule has 2 atom stereocenters. The molecule has 0 saturated carbocycles. The molecule has 0 bridgehead atoms. The molecule has 0 aromatic carbocycles. The summed E-state index contributed by atoms with van der Waals surface area (Å²) in [6, 6.07) is 5.44. The van der Waals surface area contributed by atoms with E-state index in [4.69, 9.17) is 0 Å². The molecule has 0 N–H and O–H groups in total. The second-order valence-corrected chi connectivity index (χ2v) is 5.52. The fourth-order valence-electron chi connectivity index (χ4n) is 3.45. The maximum absolute atomic E-state index is 4.68. The summed E-state index contributed by atoms with van der Waals surface area (Å²) in [5.74, 6) is 0. The number of rotatable bonds is 6. The van der Waals surface area contributed by atoms with Crippen molar-refractivity contribution >= 4 is 0 Å². The van der Waals surface area contributed by atoms with Crippen LogP contribution in [0.3, 0.4) is 0 Å². The molecule has 109 valence electrons. The Hall–Kier alpha value is 0.214. The third-order valence-corrected chi connectivity index (χ3v) is 4.36. The fourth-order valence-corrected chi connectivity index (χ4v) is 3.45. The zero-order valence-electron chi connectivity index (χ0n) is 13.0. The van der Waals surface area contributed by atoms with Crippen molar-refractivity contribution in [3.05, 3.63) is 36.5 Å². The summed E-state index contributed by atoms with van der Waals surface area (Å²) in [4.78, 5) is 7.32. The summed E-state index contributed by atoms with van der Waals surface area (Å²) in [5, 5.41) is 0. The first-order valence-corrected chi connectivity index (χ1v) is 7.80. The minimum absolute atomic E-state index is 0. The van der Waals surface area contributed by atoms with Crippen molar-refractivity contribution in [1.29, 1.82) is 0 Å². The van der Waals surface area contributed by atoms with Gasteiger partial charge in [0.1, 0.15) is 0 Å². The molecule has 2 nitrogen and oxygen atoms in total. The molecule has 2 rings (SSSR count). The average Bonchev–Trinajstić information content (AvgIpc) is 2.47. The molecular formula is C17H27N2Y-. The molecule has 1 aliphatic rings. The first-order chi connectivity index (χ1) is 9.31. The molecule has 0 fully saturated rings. The van der Waals surface area contributed by atoms with Gasteiger partial charge in [-0.3, -0.25) is 9.88 Å². The van der Waals surface area contributed by atoms with Gasteiger partial charge in [0.2, 0.25) is 0 Å². The Labute approximate surface area is 149 Å². The third kappa shape index (κ3) is 4.12. The van der Waals surface area contributed by atoms with Gasteiger partial charge in [0.15, 0.2) is 0 Å².